The molecule has 0 unspecified atom stereocenters. The number of nitrogens with zero attached hydrogens (tertiary/aromatic N) is 3. The number of alkyl halides is 2. The van der Waals surface area contributed by atoms with Crippen molar-refractivity contribution in [2.45, 2.75) is 20.0 Å². The predicted octanol–water partition coefficient (Wildman–Crippen LogP) is 2.69. The maximum Gasteiger partial charge on any atom is 0.387 e. The third kappa shape index (κ3) is 3.82. The topological polar surface area (TPSA) is 39.5 Å². The Kier molecular flexibility index (Phi) is 5.34. The van der Waals surface area contributed by atoms with Gasteiger partial charge in [0.1, 0.15) is 17.4 Å². The van der Waals surface area contributed by atoms with Crippen LogP contribution in [0.5, 0.6) is 5.75 Å². The van der Waals surface area contributed by atoms with E-state index in [0.29, 0.717) is 5.69 Å². The van der Waals surface area contributed by atoms with Crippen molar-refractivity contribution in [3.05, 3.63) is 23.8 Å². The van der Waals surface area contributed by atoms with Gasteiger partial charge < -0.3 is 9.64 Å². The van der Waals surface area contributed by atoms with Gasteiger partial charge in [-0.15, -0.1) is 0 Å². The van der Waals surface area contributed by atoms with Gasteiger partial charge in [-0.3, -0.25) is 4.90 Å². The molecule has 4 nitrogen and oxygen atoms in total. The van der Waals surface area contributed by atoms with Crippen LogP contribution in [0, 0.1) is 11.3 Å². The number of piperazine rings is 1. The van der Waals surface area contributed by atoms with Crippen molar-refractivity contribution in [3.8, 4) is 11.8 Å². The molecule has 1 saturated heterocycles. The highest BCUT2D eigenvalue weighted by Gasteiger charge is 2.21. The quantitative estimate of drug-likeness (QED) is 0.837. The molecule has 0 N–H and O–H groups in total. The first-order chi connectivity index (χ1) is 10.2. The first kappa shape index (κ1) is 15.5. The lowest BCUT2D eigenvalue weighted by Crippen LogP contribution is -2.46. The van der Waals surface area contributed by atoms with Crippen molar-refractivity contribution in [2.24, 2.45) is 0 Å². The average molecular weight is 295 g/mol. The summed E-state index contributed by atoms with van der Waals surface area (Å²) in [5.74, 6) is -0.0546. The van der Waals surface area contributed by atoms with Gasteiger partial charge in [0, 0.05) is 26.2 Å². The Labute approximate surface area is 123 Å². The van der Waals surface area contributed by atoms with Crippen LogP contribution in [0.25, 0.3) is 0 Å². The third-order valence-electron chi connectivity index (χ3n) is 3.58. The Balaban J connectivity index is 2.15. The van der Waals surface area contributed by atoms with Crippen molar-refractivity contribution in [3.63, 3.8) is 0 Å². The molecule has 0 aliphatic carbocycles. The van der Waals surface area contributed by atoms with E-state index in [9.17, 15) is 14.0 Å². The second-order valence-corrected chi connectivity index (χ2v) is 4.97. The molecule has 0 radical (unpaired) electrons. The monoisotopic (exact) mass is 295 g/mol. The highest BCUT2D eigenvalue weighted by Crippen LogP contribution is 2.30. The summed E-state index contributed by atoms with van der Waals surface area (Å²) in [6, 6.07) is 6.82. The number of benzene rings is 1. The summed E-state index contributed by atoms with van der Waals surface area (Å²) in [4.78, 5) is 4.42. The largest absolute Gasteiger partial charge is 0.433 e. The summed E-state index contributed by atoms with van der Waals surface area (Å²) in [5.41, 5.74) is 0.855. The van der Waals surface area contributed by atoms with Gasteiger partial charge in [-0.2, -0.15) is 14.0 Å². The van der Waals surface area contributed by atoms with Gasteiger partial charge in [0.05, 0.1) is 5.69 Å². The summed E-state index contributed by atoms with van der Waals surface area (Å²) >= 11 is 0. The van der Waals surface area contributed by atoms with E-state index in [2.05, 4.69) is 21.5 Å². The normalized spacial score (nSPS) is 16.0. The van der Waals surface area contributed by atoms with Crippen molar-refractivity contribution >= 4 is 5.69 Å². The lowest BCUT2D eigenvalue weighted by molar-refractivity contribution is -0.0500. The first-order valence-electron chi connectivity index (χ1n) is 7.11. The Morgan fingerprint density at radius 3 is 2.57 bits per heavy atom. The van der Waals surface area contributed by atoms with Crippen molar-refractivity contribution in [1.29, 1.82) is 5.26 Å². The summed E-state index contributed by atoms with van der Waals surface area (Å²) in [6.45, 7) is 3.68. The first-order valence-corrected chi connectivity index (χ1v) is 7.11. The van der Waals surface area contributed by atoms with Gasteiger partial charge in [-0.25, -0.2) is 0 Å². The van der Waals surface area contributed by atoms with E-state index in [4.69, 9.17) is 0 Å². The van der Waals surface area contributed by atoms with Gasteiger partial charge in [-0.1, -0.05) is 13.0 Å². The average Bonchev–Trinajstić information content (AvgIpc) is 2.47. The molecule has 21 heavy (non-hydrogen) atoms. The molecule has 0 spiro atoms. The number of hydrogen-bond acceptors (Lipinski definition) is 4. The third-order valence-corrected chi connectivity index (χ3v) is 3.58. The van der Waals surface area contributed by atoms with E-state index in [1.165, 1.54) is 6.07 Å². The fourth-order valence-corrected chi connectivity index (χ4v) is 2.62. The number of anilines is 1. The van der Waals surface area contributed by atoms with Crippen LogP contribution in [0.2, 0.25) is 0 Å². The molecule has 0 bridgehead atoms. The highest BCUT2D eigenvalue weighted by molar-refractivity contribution is 5.65. The zero-order valence-electron chi connectivity index (χ0n) is 12.1. The Morgan fingerprint density at radius 2 is 2.00 bits per heavy atom. The van der Waals surface area contributed by atoms with Crippen LogP contribution in [0.1, 0.15) is 18.9 Å². The molecule has 1 heterocycles. The molecule has 1 aromatic carbocycles. The molecular formula is C15H19F2N3O. The van der Waals surface area contributed by atoms with Crippen LogP contribution in [-0.2, 0) is 0 Å². The predicted molar refractivity (Wildman–Crippen MR) is 76.7 cm³/mol. The lowest BCUT2D eigenvalue weighted by atomic mass is 10.1. The molecular weight excluding hydrogens is 276 g/mol. The van der Waals surface area contributed by atoms with Crippen molar-refractivity contribution in [2.75, 3.05) is 37.6 Å². The van der Waals surface area contributed by atoms with Gasteiger partial charge in [0.25, 0.3) is 0 Å². The Hall–Kier alpha value is -1.87. The Morgan fingerprint density at radius 1 is 1.29 bits per heavy atom. The van der Waals surface area contributed by atoms with E-state index in [1.54, 1.807) is 12.1 Å². The van der Waals surface area contributed by atoms with Gasteiger partial charge in [-0.05, 0) is 25.1 Å². The molecule has 0 amide bonds. The van der Waals surface area contributed by atoms with E-state index in [1.807, 2.05) is 6.07 Å². The number of halogens is 2. The molecule has 0 aromatic heterocycles. The summed E-state index contributed by atoms with van der Waals surface area (Å²) < 4.78 is 29.2. The van der Waals surface area contributed by atoms with Gasteiger partial charge in [0.15, 0.2) is 0 Å². The maximum absolute atomic E-state index is 12.4. The number of hydrogen-bond donors (Lipinski definition) is 0. The molecule has 2 rings (SSSR count). The van der Waals surface area contributed by atoms with Crippen molar-refractivity contribution < 1.29 is 13.5 Å². The molecule has 6 heteroatoms. The zero-order valence-corrected chi connectivity index (χ0v) is 12.1. The van der Waals surface area contributed by atoms with Crippen molar-refractivity contribution in [1.82, 2.24) is 4.90 Å². The zero-order chi connectivity index (χ0) is 15.2. The van der Waals surface area contributed by atoms with Gasteiger partial charge in [0.2, 0.25) is 0 Å². The van der Waals surface area contributed by atoms with Crippen LogP contribution >= 0.6 is 0 Å². The lowest BCUT2D eigenvalue weighted by Gasteiger charge is -2.36. The fraction of sp³-hybridized carbons (Fsp3) is 0.533. The molecule has 114 valence electrons. The molecule has 1 fully saturated rings. The smallest absolute Gasteiger partial charge is 0.387 e. The van der Waals surface area contributed by atoms with E-state index in [0.717, 1.165) is 39.1 Å². The minimum atomic E-state index is -2.92. The number of nitriles is 1. The van der Waals surface area contributed by atoms with Crippen LogP contribution in [-0.4, -0.2) is 44.2 Å². The second kappa shape index (κ2) is 7.23. The van der Waals surface area contributed by atoms with E-state index in [-0.39, 0.29) is 11.3 Å². The molecule has 1 aromatic rings. The minimum absolute atomic E-state index is 0.0546. The number of ether oxygens (including phenoxy) is 1. The minimum Gasteiger partial charge on any atom is -0.433 e. The van der Waals surface area contributed by atoms with Crippen LogP contribution < -0.4 is 9.64 Å². The standard InChI is InChI=1S/C15H19F2N3O/c1-2-6-19-7-9-20(10-8-19)13-4-3-5-14(12(13)11-18)21-15(16)17/h3-5,15H,2,6-10H2,1H3. The maximum atomic E-state index is 12.4. The van der Waals surface area contributed by atoms with Gasteiger partial charge >= 0.3 is 6.61 Å². The molecule has 1 aliphatic heterocycles. The fourth-order valence-electron chi connectivity index (χ4n) is 2.62. The van der Waals surface area contributed by atoms with E-state index >= 15 is 0 Å². The summed E-state index contributed by atoms with van der Waals surface area (Å²) in [5, 5.41) is 9.27. The van der Waals surface area contributed by atoms with Crippen LogP contribution in [0.15, 0.2) is 18.2 Å². The number of rotatable bonds is 5. The van der Waals surface area contributed by atoms with E-state index < -0.39 is 6.61 Å². The Bertz CT molecular complexity index is 508. The SMILES string of the molecule is CCCN1CCN(c2cccc(OC(F)F)c2C#N)CC1. The summed E-state index contributed by atoms with van der Waals surface area (Å²) in [6.07, 6.45) is 1.11. The molecule has 0 saturated carbocycles. The highest BCUT2D eigenvalue weighted by atomic mass is 19.3. The molecule has 1 aliphatic rings. The van der Waals surface area contributed by atoms with Crippen LogP contribution in [0.4, 0.5) is 14.5 Å². The second-order valence-electron chi connectivity index (χ2n) is 4.97. The summed E-state index contributed by atoms with van der Waals surface area (Å²) in [7, 11) is 0. The molecule has 0 atom stereocenters. The van der Waals surface area contributed by atoms with Crippen LogP contribution in [0.3, 0.4) is 0 Å².